The lowest BCUT2D eigenvalue weighted by Gasteiger charge is -2.28. The average Bonchev–Trinajstić information content (AvgIpc) is 3.46. The van der Waals surface area contributed by atoms with Crippen LogP contribution in [0.3, 0.4) is 0 Å². The summed E-state index contributed by atoms with van der Waals surface area (Å²) in [5, 5.41) is 0.189. The molecule has 2 aromatic heterocycles. The summed E-state index contributed by atoms with van der Waals surface area (Å²) >= 11 is 0. The van der Waals surface area contributed by atoms with Crippen LogP contribution in [0.4, 0.5) is 19.0 Å². The van der Waals surface area contributed by atoms with E-state index in [1.54, 1.807) is 18.2 Å². The largest absolute Gasteiger partial charge is 0.406 e. The summed E-state index contributed by atoms with van der Waals surface area (Å²) in [6.45, 7) is 1.18. The summed E-state index contributed by atoms with van der Waals surface area (Å²) in [7, 11) is 0. The van der Waals surface area contributed by atoms with Gasteiger partial charge in [-0.3, -0.25) is 9.36 Å². The lowest BCUT2D eigenvalue weighted by molar-refractivity contribution is -0.141. The molecular formula is C22H22F3N5O. The van der Waals surface area contributed by atoms with E-state index in [1.165, 1.54) is 6.07 Å². The van der Waals surface area contributed by atoms with E-state index in [-0.39, 0.29) is 11.2 Å². The zero-order valence-electron chi connectivity index (χ0n) is 17.1. The Labute approximate surface area is 176 Å². The van der Waals surface area contributed by atoms with Crippen LogP contribution in [0, 0.1) is 6.92 Å². The third-order valence-electron chi connectivity index (χ3n) is 5.87. The van der Waals surface area contributed by atoms with Crippen molar-refractivity contribution < 1.29 is 13.2 Å². The number of fused-ring (bicyclic) bond motifs is 1. The van der Waals surface area contributed by atoms with Crippen LogP contribution in [0.1, 0.15) is 55.0 Å². The van der Waals surface area contributed by atoms with Crippen LogP contribution in [0.2, 0.25) is 0 Å². The van der Waals surface area contributed by atoms with Gasteiger partial charge in [0.2, 0.25) is 0 Å². The number of nitrogens with zero attached hydrogens (tertiary/aromatic N) is 5. The predicted octanol–water partition coefficient (Wildman–Crippen LogP) is 4.28. The predicted molar refractivity (Wildman–Crippen MR) is 110 cm³/mol. The number of hydrogen-bond donors (Lipinski definition) is 0. The highest BCUT2D eigenvalue weighted by Gasteiger charge is 2.36. The highest BCUT2D eigenvalue weighted by Crippen LogP contribution is 2.40. The molecule has 6 nitrogen and oxygen atoms in total. The molecule has 0 spiro atoms. The molecule has 1 aliphatic carbocycles. The van der Waals surface area contributed by atoms with Gasteiger partial charge < -0.3 is 4.90 Å². The first-order valence-electron chi connectivity index (χ1n) is 10.5. The summed E-state index contributed by atoms with van der Waals surface area (Å²) < 4.78 is 41.0. The van der Waals surface area contributed by atoms with Crippen molar-refractivity contribution in [2.45, 2.75) is 57.3 Å². The molecule has 1 atom stereocenters. The monoisotopic (exact) mass is 429 g/mol. The standard InChI is InChI=1S/C22H22F3N5O/c1-13-11-18(28-19(26-13)14-8-9-14)29-10-4-7-17(29)20-27-16-6-3-2-5-15(16)21(31)30(20)12-22(23,24)25/h2-3,5-6,11,14,17H,4,7-10,12H2,1H3. The van der Waals surface area contributed by atoms with Crippen molar-refractivity contribution in [1.82, 2.24) is 19.5 Å². The van der Waals surface area contributed by atoms with Gasteiger partial charge in [0.1, 0.15) is 24.0 Å². The normalized spacial score (nSPS) is 19.4. The zero-order valence-corrected chi connectivity index (χ0v) is 17.1. The molecule has 3 heterocycles. The van der Waals surface area contributed by atoms with E-state index >= 15 is 0 Å². The van der Waals surface area contributed by atoms with Gasteiger partial charge in [-0.15, -0.1) is 0 Å². The van der Waals surface area contributed by atoms with E-state index in [1.807, 2.05) is 17.9 Å². The minimum atomic E-state index is -4.53. The van der Waals surface area contributed by atoms with Gasteiger partial charge in [-0.2, -0.15) is 13.2 Å². The van der Waals surface area contributed by atoms with Gasteiger partial charge in [0.25, 0.3) is 5.56 Å². The minimum Gasteiger partial charge on any atom is -0.346 e. The smallest absolute Gasteiger partial charge is 0.346 e. The van der Waals surface area contributed by atoms with E-state index < -0.39 is 24.3 Å². The van der Waals surface area contributed by atoms with Crippen molar-refractivity contribution in [1.29, 1.82) is 0 Å². The SMILES string of the molecule is Cc1cc(N2CCCC2c2nc3ccccc3c(=O)n2CC(F)(F)F)nc(C2CC2)n1. The number of halogens is 3. The summed E-state index contributed by atoms with van der Waals surface area (Å²) in [4.78, 5) is 28.8. The molecule has 5 rings (SSSR count). The third kappa shape index (κ3) is 3.88. The Morgan fingerprint density at radius 1 is 1.10 bits per heavy atom. The van der Waals surface area contributed by atoms with Crippen molar-refractivity contribution in [3.63, 3.8) is 0 Å². The highest BCUT2D eigenvalue weighted by molar-refractivity contribution is 5.77. The van der Waals surface area contributed by atoms with Crippen LogP contribution in [-0.2, 0) is 6.54 Å². The number of alkyl halides is 3. The fourth-order valence-electron chi connectivity index (χ4n) is 4.33. The number of aryl methyl sites for hydroxylation is 1. The maximum atomic E-state index is 13.4. The van der Waals surface area contributed by atoms with Crippen molar-refractivity contribution in [2.24, 2.45) is 0 Å². The van der Waals surface area contributed by atoms with E-state index in [0.717, 1.165) is 35.3 Å². The van der Waals surface area contributed by atoms with Gasteiger partial charge in [0.15, 0.2) is 0 Å². The van der Waals surface area contributed by atoms with Crippen molar-refractivity contribution in [3.8, 4) is 0 Å². The molecule has 3 aromatic rings. The molecule has 2 fully saturated rings. The molecule has 31 heavy (non-hydrogen) atoms. The average molecular weight is 429 g/mol. The highest BCUT2D eigenvalue weighted by atomic mass is 19.4. The quantitative estimate of drug-likeness (QED) is 0.620. The van der Waals surface area contributed by atoms with Gasteiger partial charge in [-0.05, 0) is 44.7 Å². The van der Waals surface area contributed by atoms with Crippen LogP contribution < -0.4 is 10.5 Å². The number of para-hydroxylation sites is 1. The van der Waals surface area contributed by atoms with E-state index in [0.29, 0.717) is 30.2 Å². The molecule has 9 heteroatoms. The van der Waals surface area contributed by atoms with Gasteiger partial charge in [-0.25, -0.2) is 15.0 Å². The fourth-order valence-corrected chi connectivity index (χ4v) is 4.33. The van der Waals surface area contributed by atoms with Crippen LogP contribution in [-0.4, -0.2) is 32.2 Å². The Morgan fingerprint density at radius 3 is 2.61 bits per heavy atom. The van der Waals surface area contributed by atoms with Crippen molar-refractivity contribution in [2.75, 3.05) is 11.4 Å². The van der Waals surface area contributed by atoms with Crippen LogP contribution in [0.15, 0.2) is 35.1 Å². The molecular weight excluding hydrogens is 407 g/mol. The van der Waals surface area contributed by atoms with Crippen molar-refractivity contribution in [3.05, 3.63) is 58.0 Å². The zero-order chi connectivity index (χ0) is 21.8. The van der Waals surface area contributed by atoms with Crippen molar-refractivity contribution >= 4 is 16.7 Å². The number of anilines is 1. The summed E-state index contributed by atoms with van der Waals surface area (Å²) in [6.07, 6.45) is -1.03. The second-order valence-electron chi connectivity index (χ2n) is 8.35. The molecule has 1 aliphatic heterocycles. The number of aromatic nitrogens is 4. The summed E-state index contributed by atoms with van der Waals surface area (Å²) in [5.41, 5.74) is 0.573. The van der Waals surface area contributed by atoms with E-state index in [4.69, 9.17) is 4.98 Å². The first kappa shape index (κ1) is 20.0. The molecule has 0 radical (unpaired) electrons. The fraction of sp³-hybridized carbons (Fsp3) is 0.455. The topological polar surface area (TPSA) is 63.9 Å². The first-order chi connectivity index (χ1) is 14.8. The minimum absolute atomic E-state index is 0.141. The first-order valence-corrected chi connectivity index (χ1v) is 10.5. The molecule has 162 valence electrons. The van der Waals surface area contributed by atoms with Gasteiger partial charge >= 0.3 is 6.18 Å². The second-order valence-corrected chi connectivity index (χ2v) is 8.35. The van der Waals surface area contributed by atoms with Gasteiger partial charge in [-0.1, -0.05) is 12.1 Å². The van der Waals surface area contributed by atoms with Crippen LogP contribution >= 0.6 is 0 Å². The maximum absolute atomic E-state index is 13.4. The molecule has 0 bridgehead atoms. The number of rotatable bonds is 4. The third-order valence-corrected chi connectivity index (χ3v) is 5.87. The molecule has 1 saturated heterocycles. The Hall–Kier alpha value is -2.97. The van der Waals surface area contributed by atoms with Crippen LogP contribution in [0.25, 0.3) is 10.9 Å². The van der Waals surface area contributed by atoms with Gasteiger partial charge in [0, 0.05) is 24.2 Å². The number of hydrogen-bond acceptors (Lipinski definition) is 5. The molecule has 0 amide bonds. The summed E-state index contributed by atoms with van der Waals surface area (Å²) in [5.74, 6) is 1.99. The Morgan fingerprint density at radius 2 is 1.87 bits per heavy atom. The lowest BCUT2D eigenvalue weighted by Crippen LogP contribution is -2.36. The molecule has 1 aromatic carbocycles. The van der Waals surface area contributed by atoms with E-state index in [9.17, 15) is 18.0 Å². The maximum Gasteiger partial charge on any atom is 0.406 e. The number of benzene rings is 1. The molecule has 2 aliphatic rings. The molecule has 1 saturated carbocycles. The Balaban J connectivity index is 1.64. The molecule has 0 N–H and O–H groups in total. The van der Waals surface area contributed by atoms with Crippen LogP contribution in [0.5, 0.6) is 0 Å². The Bertz CT molecular complexity index is 1200. The van der Waals surface area contributed by atoms with E-state index in [2.05, 4.69) is 9.97 Å². The molecule has 1 unspecified atom stereocenters. The lowest BCUT2D eigenvalue weighted by atomic mass is 10.1. The summed E-state index contributed by atoms with van der Waals surface area (Å²) in [6, 6.07) is 7.95. The van der Waals surface area contributed by atoms with Gasteiger partial charge in [0.05, 0.1) is 16.9 Å². The Kier molecular flexibility index (Phi) is 4.71. The second kappa shape index (κ2) is 7.32.